The molecule has 1 aromatic heterocycles. The molecular formula is C21H15ClN2O2S. The summed E-state index contributed by atoms with van der Waals surface area (Å²) in [5.74, 6) is 0.326. The van der Waals surface area contributed by atoms with Gasteiger partial charge in [-0.15, -0.1) is 11.3 Å². The summed E-state index contributed by atoms with van der Waals surface area (Å²) in [6.45, 7) is 0. The van der Waals surface area contributed by atoms with Crippen molar-refractivity contribution in [2.45, 2.75) is 0 Å². The molecule has 134 valence electrons. The molecule has 3 aromatic carbocycles. The second-order valence-electron chi connectivity index (χ2n) is 5.87. The van der Waals surface area contributed by atoms with Gasteiger partial charge in [0, 0.05) is 16.1 Å². The Balaban J connectivity index is 1.69. The van der Waals surface area contributed by atoms with Crippen molar-refractivity contribution < 1.29 is 9.53 Å². The predicted molar refractivity (Wildman–Crippen MR) is 111 cm³/mol. The molecular weight excluding hydrogens is 380 g/mol. The smallest absolute Gasteiger partial charge is 0.255 e. The molecule has 1 N–H and O–H groups in total. The number of carbonyl (C=O) groups is 1. The van der Waals surface area contributed by atoms with Crippen LogP contribution in [0.2, 0.25) is 5.02 Å². The van der Waals surface area contributed by atoms with Gasteiger partial charge in [-0.2, -0.15) is 0 Å². The lowest BCUT2D eigenvalue weighted by molar-refractivity contribution is 0.102. The van der Waals surface area contributed by atoms with E-state index in [4.69, 9.17) is 16.3 Å². The van der Waals surface area contributed by atoms with Gasteiger partial charge in [-0.05, 0) is 48.5 Å². The van der Waals surface area contributed by atoms with E-state index in [1.54, 1.807) is 42.7 Å². The van der Waals surface area contributed by atoms with Crippen LogP contribution in [0.25, 0.3) is 20.8 Å². The molecule has 6 heteroatoms. The van der Waals surface area contributed by atoms with Crippen LogP contribution < -0.4 is 10.1 Å². The van der Waals surface area contributed by atoms with Gasteiger partial charge in [-0.3, -0.25) is 4.79 Å². The molecule has 0 radical (unpaired) electrons. The van der Waals surface area contributed by atoms with E-state index in [-0.39, 0.29) is 5.91 Å². The summed E-state index contributed by atoms with van der Waals surface area (Å²) >= 11 is 7.59. The molecule has 4 nitrogen and oxygen atoms in total. The summed E-state index contributed by atoms with van der Waals surface area (Å²) in [5.41, 5.74) is 2.94. The van der Waals surface area contributed by atoms with Crippen LogP contribution in [0.15, 0.2) is 66.7 Å². The van der Waals surface area contributed by atoms with Crippen molar-refractivity contribution in [1.82, 2.24) is 4.98 Å². The van der Waals surface area contributed by atoms with E-state index >= 15 is 0 Å². The number of rotatable bonds is 4. The zero-order valence-electron chi connectivity index (χ0n) is 14.4. The lowest BCUT2D eigenvalue weighted by Crippen LogP contribution is -2.12. The molecule has 0 spiro atoms. The second kappa shape index (κ2) is 7.39. The number of fused-ring (bicyclic) bond motifs is 1. The highest BCUT2D eigenvalue weighted by atomic mass is 35.5. The van der Waals surface area contributed by atoms with E-state index in [1.807, 2.05) is 42.5 Å². The number of amides is 1. The highest BCUT2D eigenvalue weighted by Gasteiger charge is 2.13. The van der Waals surface area contributed by atoms with Crippen LogP contribution in [0.5, 0.6) is 5.75 Å². The number of methoxy groups -OCH3 is 1. The van der Waals surface area contributed by atoms with Crippen LogP contribution in [-0.4, -0.2) is 18.0 Å². The molecule has 1 amide bonds. The highest BCUT2D eigenvalue weighted by Crippen LogP contribution is 2.35. The van der Waals surface area contributed by atoms with E-state index < -0.39 is 0 Å². The Labute approximate surface area is 165 Å². The number of thiazole rings is 1. The third kappa shape index (κ3) is 3.65. The van der Waals surface area contributed by atoms with Gasteiger partial charge in [0.1, 0.15) is 10.8 Å². The number of aromatic nitrogens is 1. The quantitative estimate of drug-likeness (QED) is 0.470. The SMILES string of the molecule is COc1ccc(-c2nc3ccccc3s2)cc1NC(=O)c1cccc(Cl)c1. The Morgan fingerprint density at radius 3 is 2.70 bits per heavy atom. The zero-order chi connectivity index (χ0) is 18.8. The summed E-state index contributed by atoms with van der Waals surface area (Å²) in [6, 6.07) is 20.4. The summed E-state index contributed by atoms with van der Waals surface area (Å²) < 4.78 is 6.52. The number of benzene rings is 3. The molecule has 0 unspecified atom stereocenters. The molecule has 4 rings (SSSR count). The first-order valence-corrected chi connectivity index (χ1v) is 9.44. The lowest BCUT2D eigenvalue weighted by Gasteiger charge is -2.11. The highest BCUT2D eigenvalue weighted by molar-refractivity contribution is 7.21. The fraction of sp³-hybridized carbons (Fsp3) is 0.0476. The second-order valence-corrected chi connectivity index (χ2v) is 7.33. The maximum atomic E-state index is 12.6. The van der Waals surface area contributed by atoms with Crippen molar-refractivity contribution in [2.24, 2.45) is 0 Å². The number of hydrogen-bond donors (Lipinski definition) is 1. The third-order valence-corrected chi connectivity index (χ3v) is 5.40. The number of halogens is 1. The van der Waals surface area contributed by atoms with Crippen LogP contribution in [0.1, 0.15) is 10.4 Å². The molecule has 0 fully saturated rings. The summed E-state index contributed by atoms with van der Waals surface area (Å²) in [6.07, 6.45) is 0. The lowest BCUT2D eigenvalue weighted by atomic mass is 10.1. The van der Waals surface area contributed by atoms with E-state index in [0.29, 0.717) is 22.0 Å². The number of anilines is 1. The van der Waals surface area contributed by atoms with Crippen molar-refractivity contribution in [3.63, 3.8) is 0 Å². The fourth-order valence-electron chi connectivity index (χ4n) is 2.76. The largest absolute Gasteiger partial charge is 0.495 e. The average Bonchev–Trinajstić information content (AvgIpc) is 3.12. The molecule has 0 saturated heterocycles. The average molecular weight is 395 g/mol. The van der Waals surface area contributed by atoms with Gasteiger partial charge in [0.05, 0.1) is 23.0 Å². The van der Waals surface area contributed by atoms with Crippen molar-refractivity contribution in [1.29, 1.82) is 0 Å². The standard InChI is InChI=1S/C21H15ClN2O2S/c1-26-18-10-9-14(21-24-16-7-2-3-8-19(16)27-21)12-17(18)23-20(25)13-5-4-6-15(22)11-13/h2-12H,1H3,(H,23,25). The summed E-state index contributed by atoms with van der Waals surface area (Å²) in [5, 5.41) is 4.30. The monoisotopic (exact) mass is 394 g/mol. The first kappa shape index (κ1) is 17.5. The van der Waals surface area contributed by atoms with E-state index in [1.165, 1.54) is 0 Å². The van der Waals surface area contributed by atoms with Crippen LogP contribution in [-0.2, 0) is 0 Å². The number of carbonyl (C=O) groups excluding carboxylic acids is 1. The number of nitrogens with zero attached hydrogens (tertiary/aromatic N) is 1. The molecule has 0 aliphatic rings. The topological polar surface area (TPSA) is 51.2 Å². The maximum Gasteiger partial charge on any atom is 0.255 e. The van der Waals surface area contributed by atoms with Crippen molar-refractivity contribution in [2.75, 3.05) is 12.4 Å². The Morgan fingerprint density at radius 2 is 1.93 bits per heavy atom. The van der Waals surface area contributed by atoms with E-state index in [2.05, 4.69) is 10.3 Å². The molecule has 0 saturated carbocycles. The molecule has 1 heterocycles. The Hall–Kier alpha value is -2.89. The molecule has 4 aromatic rings. The van der Waals surface area contributed by atoms with Gasteiger partial charge in [-0.25, -0.2) is 4.98 Å². The van der Waals surface area contributed by atoms with Gasteiger partial charge in [0.25, 0.3) is 5.91 Å². The number of hydrogen-bond acceptors (Lipinski definition) is 4. The third-order valence-electron chi connectivity index (χ3n) is 4.08. The van der Waals surface area contributed by atoms with E-state index in [0.717, 1.165) is 20.8 Å². The van der Waals surface area contributed by atoms with Crippen molar-refractivity contribution >= 4 is 44.7 Å². The Bertz CT molecular complexity index is 1110. The van der Waals surface area contributed by atoms with Gasteiger partial charge >= 0.3 is 0 Å². The molecule has 0 aliphatic carbocycles. The van der Waals surface area contributed by atoms with Crippen molar-refractivity contribution in [3.05, 3.63) is 77.3 Å². The first-order valence-electron chi connectivity index (χ1n) is 8.25. The van der Waals surface area contributed by atoms with Crippen LogP contribution >= 0.6 is 22.9 Å². The predicted octanol–water partition coefficient (Wildman–Crippen LogP) is 5.88. The van der Waals surface area contributed by atoms with Crippen LogP contribution in [0.3, 0.4) is 0 Å². The van der Waals surface area contributed by atoms with Crippen LogP contribution in [0, 0.1) is 0 Å². The van der Waals surface area contributed by atoms with Gasteiger partial charge in [0.15, 0.2) is 0 Å². The summed E-state index contributed by atoms with van der Waals surface area (Å²) in [4.78, 5) is 17.3. The first-order chi connectivity index (χ1) is 13.1. The molecule has 0 bridgehead atoms. The Morgan fingerprint density at radius 1 is 1.07 bits per heavy atom. The van der Waals surface area contributed by atoms with Crippen molar-refractivity contribution in [3.8, 4) is 16.3 Å². The summed E-state index contributed by atoms with van der Waals surface area (Å²) in [7, 11) is 1.57. The number of nitrogens with one attached hydrogen (secondary N) is 1. The molecule has 0 aliphatic heterocycles. The normalized spacial score (nSPS) is 10.7. The zero-order valence-corrected chi connectivity index (χ0v) is 16.0. The van der Waals surface area contributed by atoms with Gasteiger partial charge < -0.3 is 10.1 Å². The minimum absolute atomic E-state index is 0.253. The fourth-order valence-corrected chi connectivity index (χ4v) is 3.91. The Kier molecular flexibility index (Phi) is 4.79. The van der Waals surface area contributed by atoms with E-state index in [9.17, 15) is 4.79 Å². The number of ether oxygens (including phenoxy) is 1. The van der Waals surface area contributed by atoms with Gasteiger partial charge in [-0.1, -0.05) is 29.8 Å². The van der Waals surface area contributed by atoms with Gasteiger partial charge in [0.2, 0.25) is 0 Å². The minimum atomic E-state index is -0.253. The minimum Gasteiger partial charge on any atom is -0.495 e. The van der Waals surface area contributed by atoms with Crippen LogP contribution in [0.4, 0.5) is 5.69 Å². The molecule has 0 atom stereocenters. The molecule has 27 heavy (non-hydrogen) atoms. The number of para-hydroxylation sites is 1. The maximum absolute atomic E-state index is 12.6.